The Kier molecular flexibility index (Phi) is 3.09. The van der Waals surface area contributed by atoms with Gasteiger partial charge in [0.2, 0.25) is 0 Å². The van der Waals surface area contributed by atoms with Crippen LogP contribution in [0.2, 0.25) is 0 Å². The minimum absolute atomic E-state index is 0.140. The van der Waals surface area contributed by atoms with E-state index in [1.807, 2.05) is 31.2 Å². The first kappa shape index (κ1) is 11.2. The third kappa shape index (κ3) is 2.44. The van der Waals surface area contributed by atoms with E-state index < -0.39 is 0 Å². The smallest absolute Gasteiger partial charge is 0.254 e. The van der Waals surface area contributed by atoms with Gasteiger partial charge in [-0.1, -0.05) is 18.2 Å². The van der Waals surface area contributed by atoms with E-state index in [0.717, 1.165) is 5.56 Å². The van der Waals surface area contributed by atoms with Gasteiger partial charge in [-0.15, -0.1) is 0 Å². The van der Waals surface area contributed by atoms with Gasteiger partial charge in [0.15, 0.2) is 0 Å². The van der Waals surface area contributed by atoms with E-state index in [0.29, 0.717) is 11.3 Å². The molecule has 0 saturated carbocycles. The number of benzene rings is 1. The second-order valence-corrected chi connectivity index (χ2v) is 3.81. The van der Waals surface area contributed by atoms with Crippen molar-refractivity contribution in [1.82, 2.24) is 15.5 Å². The minimum atomic E-state index is -0.172. The average Bonchev–Trinajstić information content (AvgIpc) is 2.82. The Morgan fingerprint density at radius 3 is 2.88 bits per heavy atom. The zero-order chi connectivity index (χ0) is 12.3. The molecule has 0 aliphatic carbocycles. The fraction of sp³-hybridized carbons (Fsp3) is 0.167. The molecule has 0 spiro atoms. The number of carbonyl (C=O) groups is 1. The SMILES string of the molecule is CC(NC(=O)c1cn[nH]c1)c1ccccc1N. The second-order valence-electron chi connectivity index (χ2n) is 3.81. The molecule has 1 unspecified atom stereocenters. The van der Waals surface area contributed by atoms with Crippen molar-refractivity contribution in [1.29, 1.82) is 0 Å². The van der Waals surface area contributed by atoms with Gasteiger partial charge in [-0.3, -0.25) is 9.89 Å². The van der Waals surface area contributed by atoms with Crippen LogP contribution in [0, 0.1) is 0 Å². The van der Waals surface area contributed by atoms with E-state index in [-0.39, 0.29) is 11.9 Å². The lowest BCUT2D eigenvalue weighted by Gasteiger charge is -2.15. The maximum Gasteiger partial charge on any atom is 0.254 e. The van der Waals surface area contributed by atoms with Crippen LogP contribution >= 0.6 is 0 Å². The summed E-state index contributed by atoms with van der Waals surface area (Å²) < 4.78 is 0. The van der Waals surface area contributed by atoms with Crippen molar-refractivity contribution in [2.75, 3.05) is 5.73 Å². The van der Waals surface area contributed by atoms with Gasteiger partial charge in [0, 0.05) is 11.9 Å². The number of hydrogen-bond donors (Lipinski definition) is 3. The molecule has 0 aliphatic heterocycles. The van der Waals surface area contributed by atoms with Crippen LogP contribution in [-0.2, 0) is 0 Å². The van der Waals surface area contributed by atoms with Crippen LogP contribution in [0.25, 0.3) is 0 Å². The molecule has 1 atom stereocenters. The molecule has 1 amide bonds. The highest BCUT2D eigenvalue weighted by atomic mass is 16.1. The van der Waals surface area contributed by atoms with Crippen molar-refractivity contribution < 1.29 is 4.79 Å². The number of rotatable bonds is 3. The van der Waals surface area contributed by atoms with Crippen LogP contribution in [0.15, 0.2) is 36.7 Å². The minimum Gasteiger partial charge on any atom is -0.398 e. The van der Waals surface area contributed by atoms with Gasteiger partial charge in [0.05, 0.1) is 17.8 Å². The van der Waals surface area contributed by atoms with E-state index in [9.17, 15) is 4.79 Å². The molecule has 5 heteroatoms. The Morgan fingerprint density at radius 2 is 2.24 bits per heavy atom. The molecule has 0 bridgehead atoms. The first-order valence-electron chi connectivity index (χ1n) is 5.32. The average molecular weight is 230 g/mol. The summed E-state index contributed by atoms with van der Waals surface area (Å²) in [7, 11) is 0. The summed E-state index contributed by atoms with van der Waals surface area (Å²) >= 11 is 0. The Balaban J connectivity index is 2.10. The first-order chi connectivity index (χ1) is 8.18. The summed E-state index contributed by atoms with van der Waals surface area (Å²) in [6, 6.07) is 7.33. The number of nitrogens with two attached hydrogens (primary N) is 1. The van der Waals surface area contributed by atoms with Crippen LogP contribution in [0.3, 0.4) is 0 Å². The molecule has 1 aromatic heterocycles. The zero-order valence-corrected chi connectivity index (χ0v) is 9.47. The van der Waals surface area contributed by atoms with Gasteiger partial charge in [-0.05, 0) is 18.6 Å². The summed E-state index contributed by atoms with van der Waals surface area (Å²) in [5.74, 6) is -0.172. The van der Waals surface area contributed by atoms with E-state index in [1.165, 1.54) is 6.20 Å². The number of nitrogen functional groups attached to an aromatic ring is 1. The second kappa shape index (κ2) is 4.69. The van der Waals surface area contributed by atoms with Crippen LogP contribution in [0.5, 0.6) is 0 Å². The molecule has 2 aromatic rings. The number of para-hydroxylation sites is 1. The number of hydrogen-bond acceptors (Lipinski definition) is 3. The Hall–Kier alpha value is -2.30. The number of amides is 1. The molecule has 2 rings (SSSR count). The lowest BCUT2D eigenvalue weighted by molar-refractivity contribution is 0.0940. The van der Waals surface area contributed by atoms with Gasteiger partial charge in [0.1, 0.15) is 0 Å². The molecule has 0 radical (unpaired) electrons. The van der Waals surface area contributed by atoms with Crippen molar-refractivity contribution in [3.05, 3.63) is 47.8 Å². The predicted octanol–water partition coefficient (Wildman–Crippen LogP) is 1.48. The number of aromatic nitrogens is 2. The number of H-pyrrole nitrogens is 1. The van der Waals surface area contributed by atoms with Crippen molar-refractivity contribution in [3.63, 3.8) is 0 Å². The fourth-order valence-corrected chi connectivity index (χ4v) is 1.64. The number of nitrogens with zero attached hydrogens (tertiary/aromatic N) is 1. The van der Waals surface area contributed by atoms with Crippen molar-refractivity contribution in [2.24, 2.45) is 0 Å². The first-order valence-corrected chi connectivity index (χ1v) is 5.32. The standard InChI is InChI=1S/C12H14N4O/c1-8(10-4-2-3-5-11(10)13)16-12(17)9-6-14-15-7-9/h2-8H,13H2,1H3,(H,14,15)(H,16,17). The van der Waals surface area contributed by atoms with Gasteiger partial charge >= 0.3 is 0 Å². The quantitative estimate of drug-likeness (QED) is 0.698. The van der Waals surface area contributed by atoms with Crippen molar-refractivity contribution >= 4 is 11.6 Å². The topological polar surface area (TPSA) is 83.8 Å². The molecule has 1 heterocycles. The van der Waals surface area contributed by atoms with Gasteiger partial charge in [0.25, 0.3) is 5.91 Å². The van der Waals surface area contributed by atoms with Gasteiger partial charge in [-0.2, -0.15) is 5.10 Å². The lowest BCUT2D eigenvalue weighted by Crippen LogP contribution is -2.26. The molecule has 0 fully saturated rings. The van der Waals surface area contributed by atoms with Crippen LogP contribution in [-0.4, -0.2) is 16.1 Å². The number of aromatic amines is 1. The molecule has 17 heavy (non-hydrogen) atoms. The molecule has 0 aliphatic rings. The number of nitrogens with one attached hydrogen (secondary N) is 2. The van der Waals surface area contributed by atoms with Crippen LogP contribution in [0.1, 0.15) is 28.9 Å². The highest BCUT2D eigenvalue weighted by Gasteiger charge is 2.13. The van der Waals surface area contributed by atoms with E-state index in [4.69, 9.17) is 5.73 Å². The molecular formula is C12H14N4O. The summed E-state index contributed by atoms with van der Waals surface area (Å²) in [4.78, 5) is 11.8. The Bertz CT molecular complexity index is 507. The van der Waals surface area contributed by atoms with Crippen LogP contribution < -0.4 is 11.1 Å². The molecule has 88 valence electrons. The highest BCUT2D eigenvalue weighted by molar-refractivity contribution is 5.93. The molecule has 5 nitrogen and oxygen atoms in total. The Labute approximate surface area is 99.0 Å². The normalized spacial score (nSPS) is 12.1. The molecule has 1 aromatic carbocycles. The lowest BCUT2D eigenvalue weighted by atomic mass is 10.1. The maximum absolute atomic E-state index is 11.8. The summed E-state index contributed by atoms with van der Waals surface area (Å²) in [6.07, 6.45) is 3.03. The van der Waals surface area contributed by atoms with Crippen molar-refractivity contribution in [3.8, 4) is 0 Å². The third-order valence-corrected chi connectivity index (χ3v) is 2.57. The number of carbonyl (C=O) groups excluding carboxylic acids is 1. The summed E-state index contributed by atoms with van der Waals surface area (Å²) in [5, 5.41) is 9.19. The predicted molar refractivity (Wildman–Crippen MR) is 65.3 cm³/mol. The summed E-state index contributed by atoms with van der Waals surface area (Å²) in [6.45, 7) is 1.89. The summed E-state index contributed by atoms with van der Waals surface area (Å²) in [5.41, 5.74) is 7.93. The molecule has 4 N–H and O–H groups in total. The zero-order valence-electron chi connectivity index (χ0n) is 9.47. The van der Waals surface area contributed by atoms with Gasteiger partial charge < -0.3 is 11.1 Å². The number of anilines is 1. The largest absolute Gasteiger partial charge is 0.398 e. The molecular weight excluding hydrogens is 216 g/mol. The van der Waals surface area contributed by atoms with E-state index >= 15 is 0 Å². The maximum atomic E-state index is 11.8. The molecule has 0 saturated heterocycles. The highest BCUT2D eigenvalue weighted by Crippen LogP contribution is 2.19. The monoisotopic (exact) mass is 230 g/mol. The third-order valence-electron chi connectivity index (χ3n) is 2.57. The van der Waals surface area contributed by atoms with Crippen molar-refractivity contribution in [2.45, 2.75) is 13.0 Å². The fourth-order valence-electron chi connectivity index (χ4n) is 1.64. The van der Waals surface area contributed by atoms with E-state index in [1.54, 1.807) is 6.20 Å². The Morgan fingerprint density at radius 1 is 1.47 bits per heavy atom. The van der Waals surface area contributed by atoms with Gasteiger partial charge in [-0.25, -0.2) is 0 Å². The van der Waals surface area contributed by atoms with Crippen LogP contribution in [0.4, 0.5) is 5.69 Å². The van der Waals surface area contributed by atoms with E-state index in [2.05, 4.69) is 15.5 Å².